The van der Waals surface area contributed by atoms with Crippen molar-refractivity contribution in [3.63, 3.8) is 0 Å². The van der Waals surface area contributed by atoms with Crippen molar-refractivity contribution in [3.8, 4) is 0 Å². The fourth-order valence-corrected chi connectivity index (χ4v) is 4.34. The Labute approximate surface area is 147 Å². The molecule has 4 rings (SSSR count). The number of nitrogens with zero attached hydrogens (tertiary/aromatic N) is 2. The zero-order valence-electron chi connectivity index (χ0n) is 13.9. The molecule has 0 radical (unpaired) electrons. The van der Waals surface area contributed by atoms with Crippen LogP contribution in [0.5, 0.6) is 0 Å². The molecule has 0 bridgehead atoms. The number of pyridine rings is 1. The normalized spacial score (nSPS) is 25.3. The second kappa shape index (κ2) is 5.87. The molecule has 2 aromatic rings. The molecule has 1 fully saturated rings. The molecule has 5 heteroatoms. The summed E-state index contributed by atoms with van der Waals surface area (Å²) >= 11 is 6.19. The number of aromatic nitrogens is 1. The van der Waals surface area contributed by atoms with Crippen molar-refractivity contribution in [3.05, 3.63) is 58.4 Å². The molecule has 124 valence electrons. The topological polar surface area (TPSA) is 37.6 Å². The van der Waals surface area contributed by atoms with Crippen LogP contribution in [0.1, 0.15) is 33.8 Å². The summed E-state index contributed by atoms with van der Waals surface area (Å²) in [5.74, 6) is 0.360. The molecular weight excluding hydrogens is 322 g/mol. The lowest BCUT2D eigenvalue weighted by Gasteiger charge is -2.34. The highest BCUT2D eigenvalue weighted by Crippen LogP contribution is 2.43. The summed E-state index contributed by atoms with van der Waals surface area (Å²) in [6, 6.07) is 10.2. The molecule has 2 aliphatic rings. The molecule has 0 saturated carbocycles. The van der Waals surface area contributed by atoms with E-state index in [1.54, 1.807) is 18.3 Å². The number of rotatable bonds is 1. The highest BCUT2D eigenvalue weighted by Gasteiger charge is 2.46. The third kappa shape index (κ3) is 2.41. The number of anilines is 1. The molecule has 1 unspecified atom stereocenters. The number of nitrogens with one attached hydrogen (secondary N) is 1. The van der Waals surface area contributed by atoms with Gasteiger partial charge in [-0.2, -0.15) is 0 Å². The summed E-state index contributed by atoms with van der Waals surface area (Å²) in [4.78, 5) is 20.8. The molecule has 2 aliphatic heterocycles. The van der Waals surface area contributed by atoms with Gasteiger partial charge in [0.1, 0.15) is 5.15 Å². The smallest absolute Gasteiger partial charge is 0.261 e. The Morgan fingerprint density at radius 1 is 1.38 bits per heavy atom. The molecule has 1 aromatic heterocycles. The van der Waals surface area contributed by atoms with E-state index >= 15 is 0 Å². The van der Waals surface area contributed by atoms with Crippen molar-refractivity contribution < 1.29 is 9.69 Å². The molecule has 1 aromatic carbocycles. The van der Waals surface area contributed by atoms with Crippen LogP contribution < -0.4 is 9.80 Å². The van der Waals surface area contributed by atoms with Crippen molar-refractivity contribution in [1.82, 2.24) is 4.98 Å². The number of likely N-dealkylation sites (tertiary alicyclic amines) is 1. The lowest BCUT2D eigenvalue weighted by atomic mass is 9.89. The number of likely N-dealkylation sites (N-methyl/N-ethyl adjacent to an activating group) is 1. The Kier molecular flexibility index (Phi) is 3.82. The number of piperidine rings is 1. The number of carbonyl (C=O) groups excluding carboxylic acids is 1. The number of aryl methyl sites for hydroxylation is 1. The highest BCUT2D eigenvalue weighted by molar-refractivity contribution is 6.33. The largest absolute Gasteiger partial charge is 0.337 e. The first-order valence-corrected chi connectivity index (χ1v) is 8.80. The van der Waals surface area contributed by atoms with Crippen LogP contribution in [0.4, 0.5) is 5.69 Å². The van der Waals surface area contributed by atoms with Gasteiger partial charge in [0.2, 0.25) is 0 Å². The Morgan fingerprint density at radius 3 is 3.00 bits per heavy atom. The van der Waals surface area contributed by atoms with Crippen LogP contribution in [0.3, 0.4) is 0 Å². The standard InChI is InChI=1S/C19H20ClN3O/c1-12-5-6-16-14(10-12)15-11-22(2)9-7-17(15)23(16)19(24)13-4-3-8-21-18(13)20/h3-6,8,10,15,17H,7,9,11H2,1-2H3/p+1/t15-,17+/m1/s1. The third-order valence-corrected chi connectivity index (χ3v) is 5.58. The van der Waals surface area contributed by atoms with Gasteiger partial charge >= 0.3 is 0 Å². The van der Waals surface area contributed by atoms with Crippen LogP contribution in [0.25, 0.3) is 0 Å². The van der Waals surface area contributed by atoms with Crippen LogP contribution >= 0.6 is 11.6 Å². The minimum Gasteiger partial charge on any atom is -0.337 e. The van der Waals surface area contributed by atoms with E-state index in [-0.39, 0.29) is 17.1 Å². The predicted molar refractivity (Wildman–Crippen MR) is 95.0 cm³/mol. The van der Waals surface area contributed by atoms with Crippen molar-refractivity contribution in [2.24, 2.45) is 0 Å². The maximum absolute atomic E-state index is 13.2. The van der Waals surface area contributed by atoms with Gasteiger partial charge in [-0.3, -0.25) is 4.79 Å². The number of fused-ring (bicyclic) bond motifs is 3. The van der Waals surface area contributed by atoms with Gasteiger partial charge in [0.25, 0.3) is 5.91 Å². The summed E-state index contributed by atoms with van der Waals surface area (Å²) < 4.78 is 0. The number of hydrogen-bond donors (Lipinski definition) is 1. The Bertz CT molecular complexity index is 807. The molecule has 0 spiro atoms. The van der Waals surface area contributed by atoms with Crippen LogP contribution in [-0.4, -0.2) is 37.1 Å². The van der Waals surface area contributed by atoms with Crippen molar-refractivity contribution in [1.29, 1.82) is 0 Å². The maximum Gasteiger partial charge on any atom is 0.261 e. The maximum atomic E-state index is 13.2. The fourth-order valence-electron chi connectivity index (χ4n) is 4.14. The highest BCUT2D eigenvalue weighted by atomic mass is 35.5. The molecule has 3 atom stereocenters. The van der Waals surface area contributed by atoms with Crippen molar-refractivity contribution in [2.75, 3.05) is 25.0 Å². The summed E-state index contributed by atoms with van der Waals surface area (Å²) in [7, 11) is 2.23. The molecule has 1 amide bonds. The molecule has 0 aliphatic carbocycles. The zero-order chi connectivity index (χ0) is 16.8. The van der Waals surface area contributed by atoms with E-state index in [4.69, 9.17) is 11.6 Å². The Morgan fingerprint density at radius 2 is 2.21 bits per heavy atom. The average Bonchev–Trinajstić information content (AvgIpc) is 2.88. The first-order valence-electron chi connectivity index (χ1n) is 8.42. The van der Waals surface area contributed by atoms with Crippen LogP contribution in [0.2, 0.25) is 5.15 Å². The third-order valence-electron chi connectivity index (χ3n) is 5.28. The number of hydrogen-bond acceptors (Lipinski definition) is 2. The van der Waals surface area contributed by atoms with E-state index < -0.39 is 0 Å². The molecule has 24 heavy (non-hydrogen) atoms. The zero-order valence-corrected chi connectivity index (χ0v) is 14.7. The number of benzene rings is 1. The quantitative estimate of drug-likeness (QED) is 0.806. The molecule has 3 heterocycles. The van der Waals surface area contributed by atoms with Gasteiger partial charge in [0, 0.05) is 18.3 Å². The van der Waals surface area contributed by atoms with Gasteiger partial charge < -0.3 is 9.80 Å². The number of halogens is 1. The molecular formula is C19H21ClN3O+. The van der Waals surface area contributed by atoms with Crippen LogP contribution in [0.15, 0.2) is 36.5 Å². The van der Waals surface area contributed by atoms with E-state index in [9.17, 15) is 4.79 Å². The summed E-state index contributed by atoms with van der Waals surface area (Å²) in [5.41, 5.74) is 4.06. The van der Waals surface area contributed by atoms with E-state index in [0.29, 0.717) is 11.5 Å². The van der Waals surface area contributed by atoms with E-state index in [0.717, 1.165) is 25.2 Å². The first-order chi connectivity index (χ1) is 11.6. The Balaban J connectivity index is 1.81. The van der Waals surface area contributed by atoms with Gasteiger partial charge in [-0.25, -0.2) is 4.98 Å². The SMILES string of the molecule is Cc1ccc2c(c1)[C@H]1C[NH+](C)CC[C@@H]1N2C(=O)c1cccnc1Cl. The molecule has 1 N–H and O–H groups in total. The summed E-state index contributed by atoms with van der Waals surface area (Å²) in [5, 5.41) is 0.276. The average molecular weight is 343 g/mol. The molecule has 1 saturated heterocycles. The van der Waals surface area contributed by atoms with Gasteiger partial charge in [0.15, 0.2) is 0 Å². The van der Waals surface area contributed by atoms with Gasteiger partial charge in [-0.15, -0.1) is 0 Å². The second-order valence-corrected chi connectivity index (χ2v) is 7.31. The van der Waals surface area contributed by atoms with Gasteiger partial charge in [0.05, 0.1) is 37.7 Å². The van der Waals surface area contributed by atoms with Crippen molar-refractivity contribution in [2.45, 2.75) is 25.3 Å². The molecule has 4 nitrogen and oxygen atoms in total. The minimum absolute atomic E-state index is 0.0368. The fraction of sp³-hybridized carbons (Fsp3) is 0.368. The lowest BCUT2D eigenvalue weighted by Crippen LogP contribution is -3.11. The monoisotopic (exact) mass is 342 g/mol. The second-order valence-electron chi connectivity index (χ2n) is 6.95. The lowest BCUT2D eigenvalue weighted by molar-refractivity contribution is -0.886. The van der Waals surface area contributed by atoms with Crippen molar-refractivity contribution >= 4 is 23.2 Å². The van der Waals surface area contributed by atoms with E-state index in [2.05, 4.69) is 37.2 Å². The predicted octanol–water partition coefficient (Wildman–Crippen LogP) is 2.07. The number of amides is 1. The summed E-state index contributed by atoms with van der Waals surface area (Å²) in [6.45, 7) is 4.25. The van der Waals surface area contributed by atoms with E-state index in [1.807, 2.05) is 4.90 Å². The van der Waals surface area contributed by atoms with Crippen LogP contribution in [-0.2, 0) is 0 Å². The van der Waals surface area contributed by atoms with E-state index in [1.165, 1.54) is 16.0 Å². The number of quaternary nitrogens is 1. The summed E-state index contributed by atoms with van der Waals surface area (Å²) in [6.07, 6.45) is 2.62. The van der Waals surface area contributed by atoms with Gasteiger partial charge in [-0.1, -0.05) is 29.3 Å². The van der Waals surface area contributed by atoms with Crippen LogP contribution in [0, 0.1) is 6.92 Å². The minimum atomic E-state index is -0.0368. The van der Waals surface area contributed by atoms with Gasteiger partial charge in [-0.05, 0) is 30.7 Å². The number of carbonyl (C=O) groups is 1. The Hall–Kier alpha value is -1.91. The first kappa shape index (κ1) is 15.6.